The summed E-state index contributed by atoms with van der Waals surface area (Å²) in [5, 5.41) is 14.4. The van der Waals surface area contributed by atoms with Crippen LogP contribution < -0.4 is 10.6 Å². The van der Waals surface area contributed by atoms with E-state index in [4.69, 9.17) is 16.9 Å². The minimum Gasteiger partial charge on any atom is -0.338 e. The normalized spacial score (nSPS) is 9.86. The van der Waals surface area contributed by atoms with Gasteiger partial charge in [-0.25, -0.2) is 9.18 Å². The summed E-state index contributed by atoms with van der Waals surface area (Å²) in [4.78, 5) is 11.7. The molecule has 2 rings (SSSR count). The van der Waals surface area contributed by atoms with Crippen LogP contribution >= 0.6 is 11.6 Å². The van der Waals surface area contributed by atoms with Crippen LogP contribution in [0.5, 0.6) is 0 Å². The monoisotopic (exact) mass is 317 g/mol. The highest BCUT2D eigenvalue weighted by Crippen LogP contribution is 2.19. The number of halogens is 2. The number of rotatable bonds is 4. The molecule has 0 aromatic heterocycles. The summed E-state index contributed by atoms with van der Waals surface area (Å²) in [5.41, 5.74) is 1.79. The third kappa shape index (κ3) is 4.47. The highest BCUT2D eigenvalue weighted by Gasteiger charge is 2.05. The Bertz CT molecular complexity index is 710. The molecule has 0 spiro atoms. The highest BCUT2D eigenvalue weighted by molar-refractivity contribution is 6.32. The van der Waals surface area contributed by atoms with Crippen molar-refractivity contribution in [1.82, 2.24) is 5.32 Å². The molecule has 0 saturated heterocycles. The van der Waals surface area contributed by atoms with Gasteiger partial charge in [0.25, 0.3) is 0 Å². The van der Waals surface area contributed by atoms with Crippen LogP contribution in [-0.2, 0) is 6.42 Å². The first kappa shape index (κ1) is 15.8. The van der Waals surface area contributed by atoms with Crippen molar-refractivity contribution in [3.05, 3.63) is 64.4 Å². The van der Waals surface area contributed by atoms with Gasteiger partial charge in [-0.05, 0) is 42.3 Å². The Morgan fingerprint density at radius 1 is 1.23 bits per heavy atom. The number of amides is 2. The van der Waals surface area contributed by atoms with Gasteiger partial charge in [0.2, 0.25) is 0 Å². The van der Waals surface area contributed by atoms with Gasteiger partial charge in [0.05, 0.1) is 10.6 Å². The SMILES string of the molecule is N#Cc1ccc(NC(=O)NCCc2ccc(F)cc2)cc1Cl. The standard InChI is InChI=1S/C16H13ClFN3O/c17-15-9-14(6-3-12(15)10-19)21-16(22)20-8-7-11-1-4-13(18)5-2-11/h1-6,9H,7-8H2,(H2,20,21,22). The van der Waals surface area contributed by atoms with E-state index < -0.39 is 0 Å². The molecule has 2 aromatic carbocycles. The molecular formula is C16H13ClFN3O. The number of hydrogen-bond donors (Lipinski definition) is 2. The maximum atomic E-state index is 12.8. The van der Waals surface area contributed by atoms with Crippen molar-refractivity contribution >= 4 is 23.3 Å². The highest BCUT2D eigenvalue weighted by atomic mass is 35.5. The second kappa shape index (κ2) is 7.43. The maximum Gasteiger partial charge on any atom is 0.319 e. The van der Waals surface area contributed by atoms with Crippen LogP contribution in [0, 0.1) is 17.1 Å². The molecule has 0 fully saturated rings. The number of nitrogens with one attached hydrogen (secondary N) is 2. The molecule has 0 bridgehead atoms. The van der Waals surface area contributed by atoms with Crippen molar-refractivity contribution in [3.8, 4) is 6.07 Å². The Kier molecular flexibility index (Phi) is 5.34. The number of anilines is 1. The molecular weight excluding hydrogens is 305 g/mol. The zero-order chi connectivity index (χ0) is 15.9. The average molecular weight is 318 g/mol. The van der Waals surface area contributed by atoms with Crippen molar-refractivity contribution in [2.75, 3.05) is 11.9 Å². The molecule has 0 aliphatic rings. The molecule has 0 aliphatic heterocycles. The van der Waals surface area contributed by atoms with Gasteiger partial charge in [-0.2, -0.15) is 5.26 Å². The molecule has 2 aromatic rings. The Morgan fingerprint density at radius 3 is 2.59 bits per heavy atom. The largest absolute Gasteiger partial charge is 0.338 e. The fraction of sp³-hybridized carbons (Fsp3) is 0.125. The van der Waals surface area contributed by atoms with Crippen LogP contribution in [0.2, 0.25) is 5.02 Å². The second-order valence-electron chi connectivity index (χ2n) is 4.56. The van der Waals surface area contributed by atoms with Gasteiger partial charge < -0.3 is 10.6 Å². The van der Waals surface area contributed by atoms with Gasteiger partial charge in [-0.3, -0.25) is 0 Å². The molecule has 0 atom stereocenters. The van der Waals surface area contributed by atoms with E-state index in [1.807, 2.05) is 6.07 Å². The lowest BCUT2D eigenvalue weighted by molar-refractivity contribution is 0.252. The van der Waals surface area contributed by atoms with Crippen LogP contribution in [0.15, 0.2) is 42.5 Å². The number of urea groups is 1. The lowest BCUT2D eigenvalue weighted by atomic mass is 10.1. The number of carbonyl (C=O) groups excluding carboxylic acids is 1. The molecule has 6 heteroatoms. The van der Waals surface area contributed by atoms with E-state index in [0.717, 1.165) is 5.56 Å². The number of hydrogen-bond acceptors (Lipinski definition) is 2. The second-order valence-corrected chi connectivity index (χ2v) is 4.97. The van der Waals surface area contributed by atoms with Gasteiger partial charge in [-0.1, -0.05) is 23.7 Å². The molecule has 0 heterocycles. The minimum atomic E-state index is -0.372. The molecule has 4 nitrogen and oxygen atoms in total. The van der Waals surface area contributed by atoms with Gasteiger partial charge in [0.1, 0.15) is 11.9 Å². The van der Waals surface area contributed by atoms with E-state index in [-0.39, 0.29) is 16.9 Å². The van der Waals surface area contributed by atoms with E-state index in [1.54, 1.807) is 18.2 Å². The van der Waals surface area contributed by atoms with E-state index in [9.17, 15) is 9.18 Å². The quantitative estimate of drug-likeness (QED) is 0.902. The first-order valence-corrected chi connectivity index (χ1v) is 6.95. The molecule has 0 unspecified atom stereocenters. The lowest BCUT2D eigenvalue weighted by Gasteiger charge is -2.08. The van der Waals surface area contributed by atoms with E-state index >= 15 is 0 Å². The summed E-state index contributed by atoms with van der Waals surface area (Å²) in [5.74, 6) is -0.285. The van der Waals surface area contributed by atoms with Crippen molar-refractivity contribution in [2.24, 2.45) is 0 Å². The predicted octanol–water partition coefficient (Wildman–Crippen LogP) is 3.71. The van der Waals surface area contributed by atoms with E-state index in [0.29, 0.717) is 24.2 Å². The predicted molar refractivity (Wildman–Crippen MR) is 83.3 cm³/mol. The van der Waals surface area contributed by atoms with Crippen molar-refractivity contribution in [2.45, 2.75) is 6.42 Å². The fourth-order valence-corrected chi connectivity index (χ4v) is 2.05. The van der Waals surface area contributed by atoms with Crippen LogP contribution in [0.4, 0.5) is 14.9 Å². The summed E-state index contributed by atoms with van der Waals surface area (Å²) >= 11 is 5.89. The molecule has 2 N–H and O–H groups in total. The topological polar surface area (TPSA) is 64.9 Å². The molecule has 0 saturated carbocycles. The van der Waals surface area contributed by atoms with Crippen LogP contribution in [0.25, 0.3) is 0 Å². The van der Waals surface area contributed by atoms with Crippen molar-refractivity contribution in [1.29, 1.82) is 5.26 Å². The van der Waals surface area contributed by atoms with Crippen LogP contribution in [0.3, 0.4) is 0 Å². The van der Waals surface area contributed by atoms with Gasteiger partial charge in [0.15, 0.2) is 0 Å². The third-order valence-electron chi connectivity index (χ3n) is 2.96. The first-order valence-electron chi connectivity index (χ1n) is 6.57. The Labute approximate surface area is 132 Å². The van der Waals surface area contributed by atoms with Crippen molar-refractivity contribution in [3.63, 3.8) is 0 Å². The summed E-state index contributed by atoms with van der Waals surface area (Å²) in [6.45, 7) is 0.418. The molecule has 112 valence electrons. The average Bonchev–Trinajstić information content (AvgIpc) is 2.49. The van der Waals surface area contributed by atoms with Crippen LogP contribution in [-0.4, -0.2) is 12.6 Å². The minimum absolute atomic E-state index is 0.284. The fourth-order valence-electron chi connectivity index (χ4n) is 1.83. The zero-order valence-corrected chi connectivity index (χ0v) is 12.3. The van der Waals surface area contributed by atoms with E-state index in [2.05, 4.69) is 10.6 Å². The van der Waals surface area contributed by atoms with E-state index in [1.165, 1.54) is 24.3 Å². The molecule has 2 amide bonds. The number of nitrogens with zero attached hydrogens (tertiary/aromatic N) is 1. The van der Waals surface area contributed by atoms with Gasteiger partial charge in [0, 0.05) is 12.2 Å². The summed E-state index contributed by atoms with van der Waals surface area (Å²) in [7, 11) is 0. The Morgan fingerprint density at radius 2 is 1.95 bits per heavy atom. The van der Waals surface area contributed by atoms with Crippen molar-refractivity contribution < 1.29 is 9.18 Å². The number of carbonyl (C=O) groups is 1. The Hall–Kier alpha value is -2.58. The smallest absolute Gasteiger partial charge is 0.319 e. The molecule has 0 aliphatic carbocycles. The lowest BCUT2D eigenvalue weighted by Crippen LogP contribution is -2.30. The third-order valence-corrected chi connectivity index (χ3v) is 3.27. The maximum absolute atomic E-state index is 12.8. The number of benzene rings is 2. The Balaban J connectivity index is 1.82. The summed E-state index contributed by atoms with van der Waals surface area (Å²) in [6, 6.07) is 12.3. The molecule has 0 radical (unpaired) electrons. The van der Waals surface area contributed by atoms with Crippen LogP contribution in [0.1, 0.15) is 11.1 Å². The van der Waals surface area contributed by atoms with Gasteiger partial charge >= 0.3 is 6.03 Å². The summed E-state index contributed by atoms with van der Waals surface area (Å²) in [6.07, 6.45) is 0.599. The van der Waals surface area contributed by atoms with Gasteiger partial charge in [-0.15, -0.1) is 0 Å². The first-order chi connectivity index (χ1) is 10.6. The summed E-state index contributed by atoms with van der Waals surface area (Å²) < 4.78 is 12.8. The zero-order valence-electron chi connectivity index (χ0n) is 11.6. The molecule has 22 heavy (non-hydrogen) atoms. The number of nitriles is 1.